The van der Waals surface area contributed by atoms with E-state index in [1.54, 1.807) is 18.3 Å². The molecular formula is C6H3N5O. The maximum Gasteiger partial charge on any atom is 0.240 e. The van der Waals surface area contributed by atoms with Gasteiger partial charge in [0.1, 0.15) is 5.69 Å². The zero-order chi connectivity index (χ0) is 8.39. The summed E-state index contributed by atoms with van der Waals surface area (Å²) in [4.78, 5) is 13.4. The van der Waals surface area contributed by atoms with Crippen molar-refractivity contribution in [2.75, 3.05) is 0 Å². The predicted octanol–water partition coefficient (Wildman–Crippen LogP) is 0.0916. The van der Waals surface area contributed by atoms with E-state index in [0.717, 1.165) is 0 Å². The highest BCUT2D eigenvalue weighted by Gasteiger charge is 2.00. The Kier molecular flexibility index (Phi) is 1.39. The molecule has 0 spiro atoms. The van der Waals surface area contributed by atoms with E-state index >= 15 is 0 Å². The quantitative estimate of drug-likeness (QED) is 0.439. The third-order valence-corrected chi connectivity index (χ3v) is 1.37. The Bertz CT molecular complexity index is 456. The summed E-state index contributed by atoms with van der Waals surface area (Å²) in [5.74, 6) is 0. The Labute approximate surface area is 66.5 Å². The first-order valence-corrected chi connectivity index (χ1v) is 3.16. The number of hydrogen-bond acceptors (Lipinski definition) is 5. The number of isocyanates is 1. The van der Waals surface area contributed by atoms with E-state index < -0.39 is 0 Å². The van der Waals surface area contributed by atoms with E-state index in [1.807, 2.05) is 0 Å². The van der Waals surface area contributed by atoms with Crippen LogP contribution in [0, 0.1) is 0 Å². The summed E-state index contributed by atoms with van der Waals surface area (Å²) in [7, 11) is 0. The Morgan fingerprint density at radius 2 is 2.50 bits per heavy atom. The number of fused-ring (bicyclic) bond motifs is 1. The van der Waals surface area contributed by atoms with Crippen LogP contribution >= 0.6 is 0 Å². The molecule has 0 N–H and O–H groups in total. The van der Waals surface area contributed by atoms with Gasteiger partial charge in [0.05, 0.1) is 0 Å². The zero-order valence-corrected chi connectivity index (χ0v) is 5.88. The van der Waals surface area contributed by atoms with Crippen LogP contribution < -0.4 is 0 Å². The van der Waals surface area contributed by atoms with Crippen LogP contribution in [-0.2, 0) is 4.79 Å². The molecule has 2 heterocycles. The SMILES string of the molecule is O=C=Nc1cccn2nnnc12. The normalized spacial score (nSPS) is 9.67. The average Bonchev–Trinajstić information content (AvgIpc) is 2.53. The fourth-order valence-electron chi connectivity index (χ4n) is 0.889. The number of rotatable bonds is 1. The molecule has 0 aromatic carbocycles. The Balaban J connectivity index is 2.81. The minimum Gasteiger partial charge on any atom is -0.211 e. The van der Waals surface area contributed by atoms with Gasteiger partial charge in [0.2, 0.25) is 11.7 Å². The first-order valence-electron chi connectivity index (χ1n) is 3.16. The van der Waals surface area contributed by atoms with E-state index in [-0.39, 0.29) is 0 Å². The van der Waals surface area contributed by atoms with Crippen molar-refractivity contribution in [3.63, 3.8) is 0 Å². The molecule has 0 unspecified atom stereocenters. The molecular weight excluding hydrogens is 158 g/mol. The van der Waals surface area contributed by atoms with Gasteiger partial charge in [0.25, 0.3) is 0 Å². The van der Waals surface area contributed by atoms with Crippen molar-refractivity contribution in [1.82, 2.24) is 20.0 Å². The monoisotopic (exact) mass is 161 g/mol. The van der Waals surface area contributed by atoms with Gasteiger partial charge in [-0.15, -0.1) is 5.10 Å². The van der Waals surface area contributed by atoms with E-state index in [0.29, 0.717) is 11.3 Å². The number of aromatic nitrogens is 4. The molecule has 0 saturated heterocycles. The average molecular weight is 161 g/mol. The Morgan fingerprint density at radius 3 is 3.33 bits per heavy atom. The van der Waals surface area contributed by atoms with Gasteiger partial charge in [-0.3, -0.25) is 0 Å². The summed E-state index contributed by atoms with van der Waals surface area (Å²) < 4.78 is 1.43. The van der Waals surface area contributed by atoms with Gasteiger partial charge < -0.3 is 0 Å². The molecule has 12 heavy (non-hydrogen) atoms. The van der Waals surface area contributed by atoms with Gasteiger partial charge >= 0.3 is 0 Å². The molecule has 0 bridgehead atoms. The second kappa shape index (κ2) is 2.52. The number of aliphatic imine (C=N–C) groups is 1. The highest BCUT2D eigenvalue weighted by Crippen LogP contribution is 2.14. The highest BCUT2D eigenvalue weighted by molar-refractivity contribution is 5.65. The van der Waals surface area contributed by atoms with E-state index in [2.05, 4.69) is 20.5 Å². The topological polar surface area (TPSA) is 72.5 Å². The largest absolute Gasteiger partial charge is 0.240 e. The minimum atomic E-state index is 0.414. The van der Waals surface area contributed by atoms with Gasteiger partial charge in [0, 0.05) is 6.20 Å². The second-order valence-corrected chi connectivity index (χ2v) is 2.04. The van der Waals surface area contributed by atoms with Crippen molar-refractivity contribution in [1.29, 1.82) is 0 Å². The van der Waals surface area contributed by atoms with Gasteiger partial charge in [-0.05, 0) is 22.6 Å². The standard InChI is InChI=1S/C6H3N5O/c12-4-7-5-2-1-3-11-6(5)8-9-10-11/h1-3H. The maximum atomic E-state index is 9.97. The summed E-state index contributed by atoms with van der Waals surface area (Å²) in [6.45, 7) is 0. The number of pyridine rings is 1. The molecule has 0 saturated carbocycles. The lowest BCUT2D eigenvalue weighted by atomic mass is 10.4. The summed E-state index contributed by atoms with van der Waals surface area (Å²) in [5, 5.41) is 10.7. The third-order valence-electron chi connectivity index (χ3n) is 1.37. The summed E-state index contributed by atoms with van der Waals surface area (Å²) in [5.41, 5.74) is 0.860. The van der Waals surface area contributed by atoms with Crippen LogP contribution in [0.3, 0.4) is 0 Å². The van der Waals surface area contributed by atoms with Crippen molar-refractivity contribution in [3.05, 3.63) is 18.3 Å². The molecule has 0 radical (unpaired) electrons. The van der Waals surface area contributed by atoms with Crippen LogP contribution in [0.15, 0.2) is 23.3 Å². The van der Waals surface area contributed by atoms with Gasteiger partial charge in [-0.2, -0.15) is 9.51 Å². The molecule has 0 atom stereocenters. The molecule has 0 aliphatic carbocycles. The fourth-order valence-corrected chi connectivity index (χ4v) is 0.889. The lowest BCUT2D eigenvalue weighted by Gasteiger charge is -1.90. The van der Waals surface area contributed by atoms with Gasteiger partial charge in [0.15, 0.2) is 0 Å². The number of tetrazole rings is 1. The Morgan fingerprint density at radius 1 is 1.58 bits per heavy atom. The van der Waals surface area contributed by atoms with Crippen LogP contribution in [0.1, 0.15) is 0 Å². The summed E-state index contributed by atoms with van der Waals surface area (Å²) in [6, 6.07) is 3.33. The van der Waals surface area contributed by atoms with E-state index in [1.165, 1.54) is 10.6 Å². The van der Waals surface area contributed by atoms with Crippen LogP contribution in [0.4, 0.5) is 5.69 Å². The van der Waals surface area contributed by atoms with Crippen molar-refractivity contribution < 1.29 is 4.79 Å². The third kappa shape index (κ3) is 0.869. The summed E-state index contributed by atoms with van der Waals surface area (Å²) >= 11 is 0. The number of carbonyl (C=O) groups excluding carboxylic acids is 1. The van der Waals surface area contributed by atoms with Crippen molar-refractivity contribution in [3.8, 4) is 0 Å². The minimum absolute atomic E-state index is 0.414. The molecule has 0 aliphatic heterocycles. The van der Waals surface area contributed by atoms with Crippen molar-refractivity contribution in [2.24, 2.45) is 4.99 Å². The van der Waals surface area contributed by atoms with Crippen LogP contribution in [0.2, 0.25) is 0 Å². The highest BCUT2D eigenvalue weighted by atomic mass is 16.1. The molecule has 2 rings (SSSR count). The molecule has 2 aromatic heterocycles. The van der Waals surface area contributed by atoms with Crippen LogP contribution in [0.25, 0.3) is 5.65 Å². The number of hydrogen-bond donors (Lipinski definition) is 0. The zero-order valence-electron chi connectivity index (χ0n) is 5.88. The maximum absolute atomic E-state index is 9.97. The molecule has 0 amide bonds. The first kappa shape index (κ1) is 6.63. The molecule has 6 nitrogen and oxygen atoms in total. The predicted molar refractivity (Wildman–Crippen MR) is 38.6 cm³/mol. The molecule has 0 aliphatic rings. The smallest absolute Gasteiger partial charge is 0.211 e. The second-order valence-electron chi connectivity index (χ2n) is 2.04. The molecule has 2 aromatic rings. The van der Waals surface area contributed by atoms with E-state index in [9.17, 15) is 4.79 Å². The number of nitrogens with zero attached hydrogens (tertiary/aromatic N) is 5. The van der Waals surface area contributed by atoms with E-state index in [4.69, 9.17) is 0 Å². The lowest BCUT2D eigenvalue weighted by Crippen LogP contribution is -1.85. The molecule has 0 fully saturated rings. The first-order chi connectivity index (χ1) is 5.92. The van der Waals surface area contributed by atoms with Gasteiger partial charge in [-0.25, -0.2) is 4.79 Å². The fraction of sp³-hybridized carbons (Fsp3) is 0. The van der Waals surface area contributed by atoms with Gasteiger partial charge in [-0.1, -0.05) is 0 Å². The Hall–Kier alpha value is -2.07. The lowest BCUT2D eigenvalue weighted by molar-refractivity contribution is 0.565. The summed E-state index contributed by atoms with van der Waals surface area (Å²) in [6.07, 6.45) is 3.10. The van der Waals surface area contributed by atoms with Crippen molar-refractivity contribution >= 4 is 17.4 Å². The van der Waals surface area contributed by atoms with Crippen molar-refractivity contribution in [2.45, 2.75) is 0 Å². The molecule has 6 heteroatoms. The molecule has 58 valence electrons. The van der Waals surface area contributed by atoms with Crippen LogP contribution in [-0.4, -0.2) is 26.1 Å². The van der Waals surface area contributed by atoms with Crippen LogP contribution in [0.5, 0.6) is 0 Å².